The van der Waals surface area contributed by atoms with Gasteiger partial charge in [-0.1, -0.05) is 6.07 Å². The third kappa shape index (κ3) is 3.09. The van der Waals surface area contributed by atoms with E-state index in [1.54, 1.807) is 11.9 Å². The summed E-state index contributed by atoms with van der Waals surface area (Å²) in [5.74, 6) is 0.260. The van der Waals surface area contributed by atoms with Crippen LogP contribution >= 0.6 is 0 Å². The van der Waals surface area contributed by atoms with Crippen molar-refractivity contribution in [2.45, 2.75) is 25.6 Å². The minimum atomic E-state index is -4.43. The number of halogens is 3. The van der Waals surface area contributed by atoms with Gasteiger partial charge in [0.2, 0.25) is 0 Å². The molecule has 1 rings (SSSR count). The lowest BCUT2D eigenvalue weighted by atomic mass is 10.0. The van der Waals surface area contributed by atoms with E-state index < -0.39 is 17.4 Å². The molecule has 0 atom stereocenters. The Morgan fingerprint density at radius 3 is 2.35 bits per heavy atom. The summed E-state index contributed by atoms with van der Waals surface area (Å²) < 4.78 is 37.5. The summed E-state index contributed by atoms with van der Waals surface area (Å²) in [4.78, 5) is 5.24. The quantitative estimate of drug-likeness (QED) is 0.891. The number of rotatable bonds is 3. The molecule has 0 fully saturated rings. The van der Waals surface area contributed by atoms with Crippen molar-refractivity contribution in [2.75, 3.05) is 18.5 Å². The zero-order valence-electron chi connectivity index (χ0n) is 10.0. The molecular formula is C11H16F3N3. The fourth-order valence-electron chi connectivity index (χ4n) is 1.21. The fourth-order valence-corrected chi connectivity index (χ4v) is 1.21. The van der Waals surface area contributed by atoms with Crippen molar-refractivity contribution in [2.24, 2.45) is 5.73 Å². The molecule has 0 bridgehead atoms. The SMILES string of the molecule is CN(c1cccc(C(F)(F)F)n1)C(C)(C)CN. The van der Waals surface area contributed by atoms with E-state index in [-0.39, 0.29) is 5.82 Å². The van der Waals surface area contributed by atoms with Crippen LogP contribution in [0.4, 0.5) is 19.0 Å². The van der Waals surface area contributed by atoms with Crippen molar-refractivity contribution < 1.29 is 13.2 Å². The first-order chi connectivity index (χ1) is 7.68. The average Bonchev–Trinajstić information content (AvgIpc) is 2.27. The van der Waals surface area contributed by atoms with Crippen LogP contribution in [0.5, 0.6) is 0 Å². The lowest BCUT2D eigenvalue weighted by Crippen LogP contribution is -2.47. The number of aromatic nitrogens is 1. The summed E-state index contributed by atoms with van der Waals surface area (Å²) in [6.07, 6.45) is -4.43. The minimum absolute atomic E-state index is 0.260. The number of pyridine rings is 1. The van der Waals surface area contributed by atoms with Gasteiger partial charge >= 0.3 is 6.18 Å². The number of hydrogen-bond donors (Lipinski definition) is 1. The molecule has 6 heteroatoms. The molecule has 1 aromatic rings. The van der Waals surface area contributed by atoms with Crippen molar-refractivity contribution >= 4 is 5.82 Å². The first kappa shape index (κ1) is 13.8. The molecule has 2 N–H and O–H groups in total. The fraction of sp³-hybridized carbons (Fsp3) is 0.545. The van der Waals surface area contributed by atoms with Gasteiger partial charge in [0.05, 0.1) is 0 Å². The van der Waals surface area contributed by atoms with E-state index in [4.69, 9.17) is 5.73 Å². The highest BCUT2D eigenvalue weighted by molar-refractivity contribution is 5.41. The molecule has 0 amide bonds. The van der Waals surface area contributed by atoms with Crippen LogP contribution in [0.15, 0.2) is 18.2 Å². The van der Waals surface area contributed by atoms with Crippen LogP contribution in [-0.4, -0.2) is 24.1 Å². The van der Waals surface area contributed by atoms with E-state index >= 15 is 0 Å². The monoisotopic (exact) mass is 247 g/mol. The van der Waals surface area contributed by atoms with Gasteiger partial charge in [0.1, 0.15) is 11.5 Å². The van der Waals surface area contributed by atoms with Crippen molar-refractivity contribution in [3.05, 3.63) is 23.9 Å². The standard InChI is InChI=1S/C11H16F3N3/c1-10(2,7-15)17(3)9-6-4-5-8(16-9)11(12,13)14/h4-6H,7,15H2,1-3H3. The molecule has 0 saturated carbocycles. The number of anilines is 1. The van der Waals surface area contributed by atoms with Gasteiger partial charge in [-0.15, -0.1) is 0 Å². The average molecular weight is 247 g/mol. The molecule has 3 nitrogen and oxygen atoms in total. The highest BCUT2D eigenvalue weighted by Gasteiger charge is 2.33. The molecule has 0 aromatic carbocycles. The Morgan fingerprint density at radius 2 is 1.88 bits per heavy atom. The lowest BCUT2D eigenvalue weighted by Gasteiger charge is -2.35. The van der Waals surface area contributed by atoms with Crippen LogP contribution in [0, 0.1) is 0 Å². The Kier molecular flexibility index (Phi) is 3.66. The van der Waals surface area contributed by atoms with Crippen molar-refractivity contribution in [1.82, 2.24) is 4.98 Å². The van der Waals surface area contributed by atoms with E-state index in [2.05, 4.69) is 4.98 Å². The molecule has 0 radical (unpaired) electrons. The molecule has 17 heavy (non-hydrogen) atoms. The molecule has 0 aliphatic heterocycles. The minimum Gasteiger partial charge on any atom is -0.353 e. The van der Waals surface area contributed by atoms with Gasteiger partial charge in [-0.2, -0.15) is 13.2 Å². The second kappa shape index (κ2) is 4.52. The molecule has 96 valence electrons. The third-order valence-electron chi connectivity index (χ3n) is 2.78. The largest absolute Gasteiger partial charge is 0.433 e. The first-order valence-electron chi connectivity index (χ1n) is 5.16. The Bertz CT molecular complexity index is 388. The maximum Gasteiger partial charge on any atom is 0.433 e. The summed E-state index contributed by atoms with van der Waals surface area (Å²) in [5, 5.41) is 0. The van der Waals surface area contributed by atoms with E-state index in [1.165, 1.54) is 12.1 Å². The molecule has 0 spiro atoms. The maximum atomic E-state index is 12.5. The van der Waals surface area contributed by atoms with Crippen molar-refractivity contribution in [1.29, 1.82) is 0 Å². The molecule has 1 heterocycles. The molecule has 0 saturated heterocycles. The Balaban J connectivity index is 3.08. The van der Waals surface area contributed by atoms with E-state index in [1.807, 2.05) is 13.8 Å². The summed E-state index contributed by atoms with van der Waals surface area (Å²) in [7, 11) is 1.68. The highest BCUT2D eigenvalue weighted by Crippen LogP contribution is 2.29. The number of nitrogens with zero attached hydrogens (tertiary/aromatic N) is 2. The molecule has 0 aliphatic carbocycles. The zero-order valence-corrected chi connectivity index (χ0v) is 10.0. The van der Waals surface area contributed by atoms with Crippen LogP contribution in [0.1, 0.15) is 19.5 Å². The second-order valence-corrected chi connectivity index (χ2v) is 4.45. The predicted octanol–water partition coefficient (Wildman–Crippen LogP) is 2.27. The van der Waals surface area contributed by atoms with E-state index in [0.717, 1.165) is 6.07 Å². The summed E-state index contributed by atoms with van der Waals surface area (Å²) in [5.41, 5.74) is 4.24. The van der Waals surface area contributed by atoms with Gasteiger partial charge in [0, 0.05) is 19.1 Å². The Morgan fingerprint density at radius 1 is 1.29 bits per heavy atom. The molecule has 1 aromatic heterocycles. The predicted molar refractivity (Wildman–Crippen MR) is 60.8 cm³/mol. The topological polar surface area (TPSA) is 42.2 Å². The summed E-state index contributed by atoms with van der Waals surface area (Å²) in [6.45, 7) is 4.01. The Labute approximate surface area is 98.4 Å². The molecule has 0 unspecified atom stereocenters. The van der Waals surface area contributed by atoms with Crippen LogP contribution in [0.2, 0.25) is 0 Å². The van der Waals surface area contributed by atoms with Crippen LogP contribution < -0.4 is 10.6 Å². The smallest absolute Gasteiger partial charge is 0.353 e. The second-order valence-electron chi connectivity index (χ2n) is 4.45. The van der Waals surface area contributed by atoms with E-state index in [9.17, 15) is 13.2 Å². The number of alkyl halides is 3. The summed E-state index contributed by atoms with van der Waals surface area (Å²) in [6, 6.07) is 3.83. The number of nitrogens with two attached hydrogens (primary N) is 1. The summed E-state index contributed by atoms with van der Waals surface area (Å²) >= 11 is 0. The number of hydrogen-bond acceptors (Lipinski definition) is 3. The Hall–Kier alpha value is -1.30. The molecular weight excluding hydrogens is 231 g/mol. The van der Waals surface area contributed by atoms with Gasteiger partial charge in [0.25, 0.3) is 0 Å². The van der Waals surface area contributed by atoms with Crippen LogP contribution in [-0.2, 0) is 6.18 Å². The van der Waals surface area contributed by atoms with Gasteiger partial charge in [0.15, 0.2) is 0 Å². The number of likely N-dealkylation sites (N-methyl/N-ethyl adjacent to an activating group) is 1. The lowest BCUT2D eigenvalue weighted by molar-refractivity contribution is -0.141. The third-order valence-corrected chi connectivity index (χ3v) is 2.78. The van der Waals surface area contributed by atoms with Gasteiger partial charge in [-0.05, 0) is 26.0 Å². The maximum absolute atomic E-state index is 12.5. The first-order valence-corrected chi connectivity index (χ1v) is 5.16. The molecule has 0 aliphatic rings. The zero-order chi connectivity index (χ0) is 13.3. The van der Waals surface area contributed by atoms with E-state index in [0.29, 0.717) is 6.54 Å². The highest BCUT2D eigenvalue weighted by atomic mass is 19.4. The van der Waals surface area contributed by atoms with Gasteiger partial charge < -0.3 is 10.6 Å². The van der Waals surface area contributed by atoms with Gasteiger partial charge in [-0.25, -0.2) is 4.98 Å². The van der Waals surface area contributed by atoms with Crippen molar-refractivity contribution in [3.8, 4) is 0 Å². The van der Waals surface area contributed by atoms with Crippen LogP contribution in [0.3, 0.4) is 0 Å². The van der Waals surface area contributed by atoms with Crippen LogP contribution in [0.25, 0.3) is 0 Å². The van der Waals surface area contributed by atoms with Gasteiger partial charge in [-0.3, -0.25) is 0 Å². The van der Waals surface area contributed by atoms with Crippen molar-refractivity contribution in [3.63, 3.8) is 0 Å². The normalized spacial score (nSPS) is 12.6.